The van der Waals surface area contributed by atoms with Gasteiger partial charge in [-0.1, -0.05) is 19.1 Å². The van der Waals surface area contributed by atoms with E-state index < -0.39 is 0 Å². The maximum absolute atomic E-state index is 11.7. The first-order valence-corrected chi connectivity index (χ1v) is 8.15. The lowest BCUT2D eigenvalue weighted by Gasteiger charge is -2.19. The predicted molar refractivity (Wildman–Crippen MR) is 94.6 cm³/mol. The van der Waals surface area contributed by atoms with E-state index in [1.165, 1.54) is 0 Å². The largest absolute Gasteiger partial charge is 0.357 e. The molecule has 0 aliphatic rings. The van der Waals surface area contributed by atoms with E-state index in [0.29, 0.717) is 6.42 Å². The smallest absolute Gasteiger partial charge is 0.224 e. The van der Waals surface area contributed by atoms with Crippen LogP contribution >= 0.6 is 0 Å². The van der Waals surface area contributed by atoms with Crippen molar-refractivity contribution in [3.8, 4) is 11.3 Å². The Morgan fingerprint density at radius 3 is 2.61 bits per heavy atom. The van der Waals surface area contributed by atoms with Crippen LogP contribution < -0.4 is 10.2 Å². The van der Waals surface area contributed by atoms with E-state index in [2.05, 4.69) is 34.0 Å². The van der Waals surface area contributed by atoms with Crippen LogP contribution in [0.25, 0.3) is 11.3 Å². The van der Waals surface area contributed by atoms with E-state index in [0.717, 1.165) is 42.3 Å². The molecule has 0 saturated heterocycles. The average molecular weight is 312 g/mol. The summed E-state index contributed by atoms with van der Waals surface area (Å²) >= 11 is 0. The Labute approximate surface area is 137 Å². The summed E-state index contributed by atoms with van der Waals surface area (Å²) in [6, 6.07) is 9.74. The highest BCUT2D eigenvalue weighted by Gasteiger charge is 2.08. The average Bonchev–Trinajstić information content (AvgIpc) is 2.57. The van der Waals surface area contributed by atoms with Crippen LogP contribution in [0.2, 0.25) is 0 Å². The molecule has 0 unspecified atom stereocenters. The van der Waals surface area contributed by atoms with Gasteiger partial charge in [-0.05, 0) is 32.4 Å². The Morgan fingerprint density at radius 2 is 1.91 bits per heavy atom. The van der Waals surface area contributed by atoms with Gasteiger partial charge in [-0.25, -0.2) is 9.97 Å². The third-order valence-electron chi connectivity index (χ3n) is 3.66. The molecule has 0 radical (unpaired) electrons. The van der Waals surface area contributed by atoms with Crippen molar-refractivity contribution in [1.29, 1.82) is 0 Å². The quantitative estimate of drug-likeness (QED) is 0.846. The van der Waals surface area contributed by atoms with Crippen LogP contribution in [0.15, 0.2) is 36.7 Å². The fourth-order valence-electron chi connectivity index (χ4n) is 2.43. The summed E-state index contributed by atoms with van der Waals surface area (Å²) in [6.45, 7) is 8.01. The van der Waals surface area contributed by atoms with Crippen LogP contribution in [0.1, 0.15) is 33.6 Å². The number of nitrogens with zero attached hydrogens (tertiary/aromatic N) is 3. The molecule has 0 atom stereocenters. The molecule has 5 nitrogen and oxygen atoms in total. The molecule has 1 aromatic carbocycles. The molecule has 0 aliphatic heterocycles. The van der Waals surface area contributed by atoms with Gasteiger partial charge >= 0.3 is 0 Å². The summed E-state index contributed by atoms with van der Waals surface area (Å²) in [6.07, 6.45) is 2.96. The molecule has 5 heteroatoms. The number of carbonyl (C=O) groups excluding carboxylic acids is 1. The fourth-order valence-corrected chi connectivity index (χ4v) is 2.43. The number of benzene rings is 1. The molecule has 122 valence electrons. The monoisotopic (exact) mass is 312 g/mol. The van der Waals surface area contributed by atoms with E-state index in [1.54, 1.807) is 6.33 Å². The number of amides is 1. The highest BCUT2D eigenvalue weighted by atomic mass is 16.1. The van der Waals surface area contributed by atoms with Gasteiger partial charge in [0.1, 0.15) is 12.1 Å². The topological polar surface area (TPSA) is 58.1 Å². The Bertz CT molecular complexity index is 653. The zero-order valence-corrected chi connectivity index (χ0v) is 14.0. The van der Waals surface area contributed by atoms with Gasteiger partial charge in [0.15, 0.2) is 0 Å². The molecule has 23 heavy (non-hydrogen) atoms. The van der Waals surface area contributed by atoms with Crippen LogP contribution in [0.4, 0.5) is 11.5 Å². The molecule has 1 amide bonds. The minimum Gasteiger partial charge on any atom is -0.357 e. The summed E-state index contributed by atoms with van der Waals surface area (Å²) in [7, 11) is 0. The van der Waals surface area contributed by atoms with Gasteiger partial charge in [0.2, 0.25) is 5.91 Å². The van der Waals surface area contributed by atoms with Crippen molar-refractivity contribution in [2.45, 2.75) is 33.6 Å². The van der Waals surface area contributed by atoms with Gasteiger partial charge in [0.05, 0.1) is 5.69 Å². The first-order valence-electron chi connectivity index (χ1n) is 8.15. The molecule has 1 heterocycles. The highest BCUT2D eigenvalue weighted by molar-refractivity contribution is 5.91. The minimum atomic E-state index is 0.0381. The van der Waals surface area contributed by atoms with E-state index in [9.17, 15) is 4.79 Å². The van der Waals surface area contributed by atoms with Gasteiger partial charge in [-0.15, -0.1) is 0 Å². The predicted octanol–water partition coefficient (Wildman–Crippen LogP) is 3.73. The molecule has 0 spiro atoms. The molecular formula is C18H24N4O. The number of carbonyl (C=O) groups is 1. The molecule has 1 aromatic heterocycles. The lowest BCUT2D eigenvalue weighted by Crippen LogP contribution is -2.22. The third-order valence-corrected chi connectivity index (χ3v) is 3.66. The van der Waals surface area contributed by atoms with Crippen LogP contribution in [0.5, 0.6) is 0 Å². The van der Waals surface area contributed by atoms with E-state index in [-0.39, 0.29) is 5.91 Å². The molecule has 0 fully saturated rings. The zero-order valence-electron chi connectivity index (χ0n) is 14.0. The summed E-state index contributed by atoms with van der Waals surface area (Å²) in [5.41, 5.74) is 2.62. The summed E-state index contributed by atoms with van der Waals surface area (Å²) in [4.78, 5) is 22.6. The Morgan fingerprint density at radius 1 is 1.13 bits per heavy atom. The number of nitrogens with one attached hydrogen (secondary N) is 1. The van der Waals surface area contributed by atoms with Crippen LogP contribution in [0, 0.1) is 0 Å². The van der Waals surface area contributed by atoms with Crippen molar-refractivity contribution >= 4 is 17.4 Å². The van der Waals surface area contributed by atoms with Crippen molar-refractivity contribution in [2.75, 3.05) is 23.3 Å². The van der Waals surface area contributed by atoms with E-state index in [1.807, 2.05) is 37.3 Å². The second kappa shape index (κ2) is 8.27. The third kappa shape index (κ3) is 4.52. The van der Waals surface area contributed by atoms with Gasteiger partial charge in [0.25, 0.3) is 0 Å². The Hall–Kier alpha value is -2.43. The maximum Gasteiger partial charge on any atom is 0.224 e. The summed E-state index contributed by atoms with van der Waals surface area (Å²) in [5, 5.41) is 2.92. The fraction of sp³-hybridized carbons (Fsp3) is 0.389. The summed E-state index contributed by atoms with van der Waals surface area (Å²) < 4.78 is 0. The second-order valence-corrected chi connectivity index (χ2v) is 5.31. The van der Waals surface area contributed by atoms with Gasteiger partial charge < -0.3 is 10.2 Å². The zero-order chi connectivity index (χ0) is 16.7. The number of hydrogen-bond acceptors (Lipinski definition) is 4. The van der Waals surface area contributed by atoms with E-state index in [4.69, 9.17) is 0 Å². The van der Waals surface area contributed by atoms with Gasteiger partial charge in [-0.3, -0.25) is 4.79 Å². The number of rotatable bonds is 7. The van der Waals surface area contributed by atoms with Crippen molar-refractivity contribution < 1.29 is 4.79 Å². The minimum absolute atomic E-state index is 0.0381. The first-order chi connectivity index (χ1) is 11.2. The van der Waals surface area contributed by atoms with Crippen molar-refractivity contribution in [3.63, 3.8) is 0 Å². The molecule has 1 N–H and O–H groups in total. The Kier molecular flexibility index (Phi) is 6.09. The van der Waals surface area contributed by atoms with Crippen molar-refractivity contribution in [2.24, 2.45) is 0 Å². The first kappa shape index (κ1) is 16.9. The Balaban J connectivity index is 2.25. The maximum atomic E-state index is 11.7. The molecule has 2 aromatic rings. The molecule has 0 saturated carbocycles. The van der Waals surface area contributed by atoms with Crippen LogP contribution in [-0.4, -0.2) is 29.0 Å². The molecule has 0 bridgehead atoms. The number of hydrogen-bond donors (Lipinski definition) is 1. The highest BCUT2D eigenvalue weighted by Crippen LogP contribution is 2.23. The van der Waals surface area contributed by atoms with Crippen molar-refractivity contribution in [3.05, 3.63) is 36.7 Å². The van der Waals surface area contributed by atoms with Crippen LogP contribution in [-0.2, 0) is 4.79 Å². The molecule has 0 aliphatic carbocycles. The van der Waals surface area contributed by atoms with E-state index >= 15 is 0 Å². The lowest BCUT2D eigenvalue weighted by atomic mass is 10.1. The van der Waals surface area contributed by atoms with Crippen molar-refractivity contribution in [1.82, 2.24) is 9.97 Å². The number of aromatic nitrogens is 2. The second-order valence-electron chi connectivity index (χ2n) is 5.31. The number of anilines is 2. The van der Waals surface area contributed by atoms with Gasteiger partial charge in [-0.2, -0.15) is 0 Å². The molecule has 2 rings (SSSR count). The van der Waals surface area contributed by atoms with Crippen LogP contribution in [0.3, 0.4) is 0 Å². The normalized spacial score (nSPS) is 10.4. The van der Waals surface area contributed by atoms with Gasteiger partial charge in [0, 0.05) is 36.8 Å². The SMILES string of the molecule is CCCC(=O)Nc1cccc(-c2cc(N(CC)CC)ncn2)c1. The molecular weight excluding hydrogens is 288 g/mol. The standard InChI is InChI=1S/C18H24N4O/c1-4-8-18(23)21-15-10-7-9-14(11-15)16-12-17(20-13-19-16)22(5-2)6-3/h7,9-13H,4-6,8H2,1-3H3,(H,21,23). The lowest BCUT2D eigenvalue weighted by molar-refractivity contribution is -0.116. The summed E-state index contributed by atoms with van der Waals surface area (Å²) in [5.74, 6) is 0.955.